The summed E-state index contributed by atoms with van der Waals surface area (Å²) < 4.78 is 11.2. The van der Waals surface area contributed by atoms with Crippen molar-refractivity contribution in [2.75, 3.05) is 53.0 Å². The number of rotatable bonds is 10. The van der Waals surface area contributed by atoms with Gasteiger partial charge in [-0.1, -0.05) is 12.1 Å². The molecule has 0 radical (unpaired) electrons. The van der Waals surface area contributed by atoms with E-state index in [1.807, 2.05) is 31.3 Å². The number of carbonyl (C=O) groups excluding carboxylic acids is 1. The maximum absolute atomic E-state index is 11.7. The molecular formula is C18H29N3O3. The van der Waals surface area contributed by atoms with Crippen LogP contribution in [0.1, 0.15) is 18.4 Å². The third kappa shape index (κ3) is 7.29. The summed E-state index contributed by atoms with van der Waals surface area (Å²) in [5.41, 5.74) is 1.06. The SMILES string of the molecule is CNCCCC(=O)NCc1cccc(OCCN2CCOCC2)c1. The molecule has 1 heterocycles. The fraction of sp³-hybridized carbons (Fsp3) is 0.611. The van der Waals surface area contributed by atoms with Crippen molar-refractivity contribution < 1.29 is 14.3 Å². The molecule has 2 rings (SSSR count). The summed E-state index contributed by atoms with van der Waals surface area (Å²) in [4.78, 5) is 14.1. The average molecular weight is 335 g/mol. The Balaban J connectivity index is 1.67. The molecule has 1 aromatic carbocycles. The normalized spacial score (nSPS) is 15.2. The number of benzene rings is 1. The van der Waals surface area contributed by atoms with Crippen LogP contribution in [-0.2, 0) is 16.1 Å². The van der Waals surface area contributed by atoms with Crippen LogP contribution in [0.3, 0.4) is 0 Å². The molecule has 1 aliphatic rings. The fourth-order valence-electron chi connectivity index (χ4n) is 2.58. The Bertz CT molecular complexity index is 490. The van der Waals surface area contributed by atoms with Crippen molar-refractivity contribution in [1.29, 1.82) is 0 Å². The Hall–Kier alpha value is -1.63. The molecule has 0 aliphatic carbocycles. The smallest absolute Gasteiger partial charge is 0.220 e. The Labute approximate surface area is 144 Å². The van der Waals surface area contributed by atoms with Gasteiger partial charge in [0.25, 0.3) is 0 Å². The molecular weight excluding hydrogens is 306 g/mol. The fourth-order valence-corrected chi connectivity index (χ4v) is 2.58. The molecule has 2 N–H and O–H groups in total. The summed E-state index contributed by atoms with van der Waals surface area (Å²) in [6.45, 7) is 6.55. The van der Waals surface area contributed by atoms with E-state index in [0.29, 0.717) is 19.6 Å². The predicted molar refractivity (Wildman–Crippen MR) is 94.2 cm³/mol. The number of nitrogens with one attached hydrogen (secondary N) is 2. The first-order valence-electron chi connectivity index (χ1n) is 8.71. The van der Waals surface area contributed by atoms with Crippen LogP contribution in [0.4, 0.5) is 0 Å². The molecule has 1 aliphatic heterocycles. The molecule has 0 saturated carbocycles. The number of ether oxygens (including phenoxy) is 2. The van der Waals surface area contributed by atoms with Crippen molar-refractivity contribution in [3.05, 3.63) is 29.8 Å². The minimum atomic E-state index is 0.0869. The summed E-state index contributed by atoms with van der Waals surface area (Å²) in [7, 11) is 1.89. The maximum atomic E-state index is 11.7. The Morgan fingerprint density at radius 2 is 2.17 bits per heavy atom. The Kier molecular flexibility index (Phi) is 8.59. The van der Waals surface area contributed by atoms with E-state index in [1.165, 1.54) is 0 Å². The van der Waals surface area contributed by atoms with Gasteiger partial charge in [0.05, 0.1) is 13.2 Å². The lowest BCUT2D eigenvalue weighted by molar-refractivity contribution is -0.121. The third-order valence-electron chi connectivity index (χ3n) is 4.00. The highest BCUT2D eigenvalue weighted by Crippen LogP contribution is 2.13. The zero-order chi connectivity index (χ0) is 17.0. The highest BCUT2D eigenvalue weighted by molar-refractivity contribution is 5.75. The molecule has 0 atom stereocenters. The van der Waals surface area contributed by atoms with Crippen LogP contribution in [0.15, 0.2) is 24.3 Å². The van der Waals surface area contributed by atoms with Gasteiger partial charge < -0.3 is 20.1 Å². The van der Waals surface area contributed by atoms with Gasteiger partial charge >= 0.3 is 0 Å². The van der Waals surface area contributed by atoms with Crippen molar-refractivity contribution in [1.82, 2.24) is 15.5 Å². The molecule has 0 spiro atoms. The minimum Gasteiger partial charge on any atom is -0.492 e. The second-order valence-corrected chi connectivity index (χ2v) is 5.93. The van der Waals surface area contributed by atoms with Crippen LogP contribution >= 0.6 is 0 Å². The number of nitrogens with zero attached hydrogens (tertiary/aromatic N) is 1. The van der Waals surface area contributed by atoms with Crippen molar-refractivity contribution in [2.45, 2.75) is 19.4 Å². The molecule has 6 nitrogen and oxygen atoms in total. The lowest BCUT2D eigenvalue weighted by Crippen LogP contribution is -2.38. The zero-order valence-electron chi connectivity index (χ0n) is 14.6. The monoisotopic (exact) mass is 335 g/mol. The average Bonchev–Trinajstić information content (AvgIpc) is 2.62. The van der Waals surface area contributed by atoms with Gasteiger partial charge in [-0.2, -0.15) is 0 Å². The lowest BCUT2D eigenvalue weighted by Gasteiger charge is -2.26. The topological polar surface area (TPSA) is 62.8 Å². The molecule has 0 unspecified atom stereocenters. The zero-order valence-corrected chi connectivity index (χ0v) is 14.6. The van der Waals surface area contributed by atoms with E-state index >= 15 is 0 Å². The number of amides is 1. The number of carbonyl (C=O) groups is 1. The van der Waals surface area contributed by atoms with E-state index in [0.717, 1.165) is 57.1 Å². The lowest BCUT2D eigenvalue weighted by atomic mass is 10.2. The van der Waals surface area contributed by atoms with Crippen LogP contribution in [0.25, 0.3) is 0 Å². The van der Waals surface area contributed by atoms with Gasteiger partial charge in [0.1, 0.15) is 12.4 Å². The third-order valence-corrected chi connectivity index (χ3v) is 4.00. The first-order chi connectivity index (χ1) is 11.8. The van der Waals surface area contributed by atoms with Gasteiger partial charge in [-0.05, 0) is 37.7 Å². The molecule has 1 saturated heterocycles. The van der Waals surface area contributed by atoms with Gasteiger partial charge in [-0.3, -0.25) is 9.69 Å². The summed E-state index contributed by atoms with van der Waals surface area (Å²) in [6, 6.07) is 7.92. The molecule has 24 heavy (non-hydrogen) atoms. The van der Waals surface area contributed by atoms with Crippen LogP contribution in [0.5, 0.6) is 5.75 Å². The minimum absolute atomic E-state index is 0.0869. The first-order valence-corrected chi connectivity index (χ1v) is 8.71. The summed E-state index contributed by atoms with van der Waals surface area (Å²) in [5.74, 6) is 0.939. The van der Waals surface area contributed by atoms with Gasteiger partial charge in [-0.15, -0.1) is 0 Å². The molecule has 0 aromatic heterocycles. The maximum Gasteiger partial charge on any atom is 0.220 e. The van der Waals surface area contributed by atoms with Crippen LogP contribution in [0, 0.1) is 0 Å². The van der Waals surface area contributed by atoms with Crippen LogP contribution in [-0.4, -0.2) is 63.9 Å². The molecule has 6 heteroatoms. The molecule has 1 amide bonds. The summed E-state index contributed by atoms with van der Waals surface area (Å²) in [6.07, 6.45) is 1.41. The second kappa shape index (κ2) is 11.0. The second-order valence-electron chi connectivity index (χ2n) is 5.93. The highest BCUT2D eigenvalue weighted by atomic mass is 16.5. The van der Waals surface area contributed by atoms with Crippen molar-refractivity contribution >= 4 is 5.91 Å². The van der Waals surface area contributed by atoms with Gasteiger partial charge in [0.2, 0.25) is 5.91 Å². The predicted octanol–water partition coefficient (Wildman–Crippen LogP) is 1.01. The molecule has 0 bridgehead atoms. The van der Waals surface area contributed by atoms with E-state index < -0.39 is 0 Å². The largest absolute Gasteiger partial charge is 0.492 e. The van der Waals surface area contributed by atoms with Crippen LogP contribution < -0.4 is 15.4 Å². The standard InChI is InChI=1S/C18H29N3O3/c1-19-7-3-6-18(22)20-15-16-4-2-5-17(14-16)24-13-10-21-8-11-23-12-9-21/h2,4-5,14,19H,3,6-13,15H2,1H3,(H,20,22). The van der Waals surface area contributed by atoms with Crippen molar-refractivity contribution in [3.63, 3.8) is 0 Å². The van der Waals surface area contributed by atoms with E-state index in [4.69, 9.17) is 9.47 Å². The van der Waals surface area contributed by atoms with Crippen molar-refractivity contribution in [2.24, 2.45) is 0 Å². The highest BCUT2D eigenvalue weighted by Gasteiger charge is 2.09. The van der Waals surface area contributed by atoms with E-state index in [2.05, 4.69) is 15.5 Å². The molecule has 134 valence electrons. The number of hydrogen-bond donors (Lipinski definition) is 2. The molecule has 1 fully saturated rings. The number of hydrogen-bond acceptors (Lipinski definition) is 5. The number of morpholine rings is 1. The Morgan fingerprint density at radius 1 is 1.33 bits per heavy atom. The molecule has 1 aromatic rings. The van der Waals surface area contributed by atoms with E-state index in [-0.39, 0.29) is 5.91 Å². The summed E-state index contributed by atoms with van der Waals surface area (Å²) >= 11 is 0. The Morgan fingerprint density at radius 3 is 2.96 bits per heavy atom. The first kappa shape index (κ1) is 18.7. The van der Waals surface area contributed by atoms with Gasteiger partial charge in [0, 0.05) is 32.6 Å². The van der Waals surface area contributed by atoms with Crippen LogP contribution in [0.2, 0.25) is 0 Å². The van der Waals surface area contributed by atoms with E-state index in [9.17, 15) is 4.79 Å². The van der Waals surface area contributed by atoms with E-state index in [1.54, 1.807) is 0 Å². The van der Waals surface area contributed by atoms with Crippen molar-refractivity contribution in [3.8, 4) is 5.75 Å². The van der Waals surface area contributed by atoms with Gasteiger partial charge in [-0.25, -0.2) is 0 Å². The quantitative estimate of drug-likeness (QED) is 0.625. The summed E-state index contributed by atoms with van der Waals surface area (Å²) in [5, 5.41) is 5.99. The van der Waals surface area contributed by atoms with Gasteiger partial charge in [0.15, 0.2) is 0 Å².